The number of imidazole rings is 1. The molecule has 0 aromatic carbocycles. The Kier molecular flexibility index (Phi) is 11.8. The highest BCUT2D eigenvalue weighted by Crippen LogP contribution is 2.66. The number of hydrogen-bond donors (Lipinski definition) is 9. The number of ether oxygens (including phenoxy) is 1. The number of unbranched alkanes of at least 4 members (excludes halogenated alkanes) is 5. The summed E-state index contributed by atoms with van der Waals surface area (Å²) in [6.45, 7) is -0.420. The second kappa shape index (κ2) is 14.2. The van der Waals surface area contributed by atoms with Crippen LogP contribution in [0.1, 0.15) is 44.8 Å². The van der Waals surface area contributed by atoms with Crippen molar-refractivity contribution in [1.29, 1.82) is 0 Å². The van der Waals surface area contributed by atoms with Crippen LogP contribution < -0.4 is 22.1 Å². The lowest BCUT2D eigenvalue weighted by molar-refractivity contribution is -0.0503. The van der Waals surface area contributed by atoms with Gasteiger partial charge >= 0.3 is 23.4 Å². The minimum absolute atomic E-state index is 0.0545. The number of nitrogens with two attached hydrogens (primary N) is 2. The van der Waals surface area contributed by atoms with Gasteiger partial charge in [-0.3, -0.25) is 18.9 Å². The number of fused-ring (bicyclic) bond motifs is 1. The number of nitrogen functional groups attached to an aromatic ring is 1. The zero-order valence-electron chi connectivity index (χ0n) is 21.6. The number of aromatic amines is 1. The van der Waals surface area contributed by atoms with Crippen LogP contribution >= 0.6 is 23.4 Å². The first-order chi connectivity index (χ1) is 19.1. The molecule has 11 N–H and O–H groups in total. The lowest BCUT2D eigenvalue weighted by atomic mass is 10.1. The molecule has 23 heteroatoms. The maximum absolute atomic E-state index is 12.2. The fourth-order valence-corrected chi connectivity index (χ4v) is 7.67. The first kappa shape index (κ1) is 33.9. The second-order valence-corrected chi connectivity index (χ2v) is 13.9. The van der Waals surface area contributed by atoms with Crippen LogP contribution in [0.5, 0.6) is 0 Å². The number of phosphoric ester groups is 1. The van der Waals surface area contributed by atoms with Gasteiger partial charge in [0.2, 0.25) is 5.95 Å². The van der Waals surface area contributed by atoms with E-state index in [-0.39, 0.29) is 23.7 Å². The molecule has 1 aliphatic heterocycles. The van der Waals surface area contributed by atoms with E-state index in [1.165, 1.54) is 0 Å². The lowest BCUT2D eigenvalue weighted by Crippen LogP contribution is -2.33. The largest absolute Gasteiger partial charge is 0.489 e. The topological polar surface area (TPSA) is 317 Å². The van der Waals surface area contributed by atoms with Crippen LogP contribution in [-0.4, -0.2) is 82.4 Å². The van der Waals surface area contributed by atoms with Crippen molar-refractivity contribution in [1.82, 2.24) is 24.6 Å². The number of nitrogens with one attached hydrogen (secondary N) is 2. The van der Waals surface area contributed by atoms with Crippen molar-refractivity contribution in [2.45, 2.75) is 63.1 Å². The van der Waals surface area contributed by atoms with Crippen molar-refractivity contribution in [3.05, 3.63) is 16.7 Å². The maximum Gasteiger partial charge on any atom is 0.489 e. The molecule has 2 aromatic heterocycles. The monoisotopic (exact) mass is 649 g/mol. The molecule has 0 spiro atoms. The number of aliphatic hydroxyl groups excluding tert-OH is 2. The Hall–Kier alpha value is -1.60. The lowest BCUT2D eigenvalue weighted by Gasteiger charge is -2.20. The molecule has 0 radical (unpaired) electrons. The summed E-state index contributed by atoms with van der Waals surface area (Å²) in [4.78, 5) is 51.4. The number of H-pyrrole nitrogens is 1. The van der Waals surface area contributed by atoms with Crippen molar-refractivity contribution in [3.63, 3.8) is 0 Å². The fourth-order valence-electron chi connectivity index (χ4n) is 3.93. The minimum Gasteiger partial charge on any atom is -0.387 e. The molecule has 7 atom stereocenters. The molecule has 234 valence electrons. The van der Waals surface area contributed by atoms with E-state index in [1.807, 2.05) is 5.09 Å². The highest BCUT2D eigenvalue weighted by Gasteiger charge is 2.47. The van der Waals surface area contributed by atoms with Gasteiger partial charge in [-0.05, 0) is 19.4 Å². The number of aliphatic hydroxyl groups is 2. The van der Waals surface area contributed by atoms with Crippen LogP contribution in [0.2, 0.25) is 0 Å². The minimum atomic E-state index is -5.63. The van der Waals surface area contributed by atoms with Gasteiger partial charge in [0.15, 0.2) is 17.4 Å². The second-order valence-electron chi connectivity index (χ2n) is 9.06. The molecule has 0 aliphatic carbocycles. The summed E-state index contributed by atoms with van der Waals surface area (Å²) < 4.78 is 55.8. The van der Waals surface area contributed by atoms with Gasteiger partial charge in [-0.1, -0.05) is 25.7 Å². The molecular weight excluding hydrogens is 615 g/mol. The summed E-state index contributed by atoms with van der Waals surface area (Å²) in [5.74, 6) is -0.261. The van der Waals surface area contributed by atoms with Crippen LogP contribution in [0, 0.1) is 0 Å². The summed E-state index contributed by atoms with van der Waals surface area (Å²) in [7, 11) is -16.0. The molecule has 0 saturated carbocycles. The average molecular weight is 649 g/mol. The predicted octanol–water partition coefficient (Wildman–Crippen LogP) is -0.439. The third-order valence-corrected chi connectivity index (χ3v) is 10.3. The van der Waals surface area contributed by atoms with Gasteiger partial charge in [0.05, 0.1) is 12.9 Å². The van der Waals surface area contributed by atoms with Crippen molar-refractivity contribution >= 4 is 40.5 Å². The van der Waals surface area contributed by atoms with E-state index in [0.29, 0.717) is 19.4 Å². The maximum atomic E-state index is 12.2. The van der Waals surface area contributed by atoms with Gasteiger partial charge in [-0.25, -0.2) is 23.8 Å². The Morgan fingerprint density at radius 3 is 2.37 bits per heavy atom. The van der Waals surface area contributed by atoms with Crippen LogP contribution in [0.3, 0.4) is 0 Å². The molecule has 41 heavy (non-hydrogen) atoms. The van der Waals surface area contributed by atoms with Crippen LogP contribution in [0.15, 0.2) is 11.1 Å². The van der Waals surface area contributed by atoms with E-state index in [9.17, 15) is 43.4 Å². The Labute approximate surface area is 232 Å². The van der Waals surface area contributed by atoms with Crippen LogP contribution in [0.25, 0.3) is 11.2 Å². The molecule has 3 heterocycles. The molecule has 1 saturated heterocycles. The standard InChI is InChI=1S/C18H34N7O13P3/c19-7-5-3-1-2-4-6-8-22-39(29,30)37-41(33,34)38-40(31,32)35-9-11-13(26)14(27)17(36-11)25-10-21-12-15(25)23-18(20)24-16(12)28/h10-11,13-14,17,26-27H,1-9,19H2,(H,31,32)(H,33,34)(H2,22,29,30)(H3,20,23,24,28)/t11-,13-,14-,17-/m1/s1. The zero-order valence-corrected chi connectivity index (χ0v) is 24.3. The summed E-state index contributed by atoms with van der Waals surface area (Å²) in [6.07, 6.45) is -0.420. The van der Waals surface area contributed by atoms with E-state index in [4.69, 9.17) is 16.2 Å². The predicted molar refractivity (Wildman–Crippen MR) is 141 cm³/mol. The Morgan fingerprint density at radius 2 is 1.68 bits per heavy atom. The SMILES string of the molecule is NCCCCCCCCNP(=O)(O)OP(=O)(O)OP(=O)(O)OC[C@H]1O[C@@H](n2cnc3c(=O)[nH]c(N)nc32)[C@H](O)[C@@H]1O. The van der Waals surface area contributed by atoms with E-state index in [2.05, 4.69) is 28.1 Å². The molecule has 1 aliphatic rings. The number of hydrogen-bond acceptors (Lipinski definition) is 14. The Morgan fingerprint density at radius 1 is 1.02 bits per heavy atom. The van der Waals surface area contributed by atoms with Gasteiger partial charge < -0.3 is 41.1 Å². The van der Waals surface area contributed by atoms with Gasteiger partial charge in [0.25, 0.3) is 5.56 Å². The zero-order chi connectivity index (χ0) is 30.4. The third-order valence-electron chi connectivity index (χ3n) is 5.83. The molecule has 0 amide bonds. The highest BCUT2D eigenvalue weighted by molar-refractivity contribution is 7.67. The average Bonchev–Trinajstić information content (AvgIpc) is 3.39. The van der Waals surface area contributed by atoms with Gasteiger partial charge in [-0.2, -0.15) is 13.6 Å². The summed E-state index contributed by atoms with van der Waals surface area (Å²) >= 11 is 0. The first-order valence-corrected chi connectivity index (χ1v) is 17.0. The van der Waals surface area contributed by atoms with E-state index < -0.39 is 60.1 Å². The fraction of sp³-hybridized carbons (Fsp3) is 0.722. The molecule has 3 unspecified atom stereocenters. The summed E-state index contributed by atoms with van der Waals surface area (Å²) in [6, 6.07) is 0. The molecule has 3 rings (SSSR count). The summed E-state index contributed by atoms with van der Waals surface area (Å²) in [5.41, 5.74) is 10.0. The van der Waals surface area contributed by atoms with Crippen molar-refractivity contribution in [3.8, 4) is 0 Å². The normalized spacial score (nSPS) is 25.6. The third kappa shape index (κ3) is 9.71. The summed E-state index contributed by atoms with van der Waals surface area (Å²) in [5, 5.41) is 22.8. The van der Waals surface area contributed by atoms with Crippen molar-refractivity contribution in [2.75, 3.05) is 25.4 Å². The number of phosphoric acid groups is 2. The number of anilines is 1. The Bertz CT molecular complexity index is 1370. The van der Waals surface area contributed by atoms with E-state index in [0.717, 1.165) is 36.6 Å². The van der Waals surface area contributed by atoms with E-state index in [1.54, 1.807) is 0 Å². The molecule has 0 bridgehead atoms. The first-order valence-electron chi connectivity index (χ1n) is 12.4. The van der Waals surface area contributed by atoms with Gasteiger partial charge in [0.1, 0.15) is 18.3 Å². The van der Waals surface area contributed by atoms with Crippen LogP contribution in [0.4, 0.5) is 5.95 Å². The van der Waals surface area contributed by atoms with E-state index >= 15 is 0 Å². The van der Waals surface area contributed by atoms with Crippen LogP contribution in [-0.2, 0) is 31.6 Å². The van der Waals surface area contributed by atoms with Gasteiger partial charge in [-0.15, -0.1) is 0 Å². The highest BCUT2D eigenvalue weighted by atomic mass is 31.3. The molecule has 2 aromatic rings. The number of aromatic nitrogens is 4. The van der Waals surface area contributed by atoms with Gasteiger partial charge in [0, 0.05) is 6.54 Å². The number of rotatable bonds is 17. The Balaban J connectivity index is 1.51. The molecule has 20 nitrogen and oxygen atoms in total. The molecular formula is C18H34N7O13P3. The number of nitrogens with zero attached hydrogens (tertiary/aromatic N) is 3. The quantitative estimate of drug-likeness (QED) is 0.0774. The van der Waals surface area contributed by atoms with Crippen molar-refractivity contribution < 1.29 is 56.5 Å². The molecule has 1 fully saturated rings. The smallest absolute Gasteiger partial charge is 0.387 e. The van der Waals surface area contributed by atoms with Crippen molar-refractivity contribution in [2.24, 2.45) is 5.73 Å².